The van der Waals surface area contributed by atoms with Gasteiger partial charge in [-0.25, -0.2) is 4.98 Å². The van der Waals surface area contributed by atoms with E-state index >= 15 is 0 Å². The van der Waals surface area contributed by atoms with E-state index in [-0.39, 0.29) is 37.1 Å². The number of nitrogens with one attached hydrogen (secondary N) is 3. The largest absolute Gasteiger partial charge is 0.372 e. The highest BCUT2D eigenvalue weighted by Crippen LogP contribution is 2.27. The molecule has 0 saturated carbocycles. The first kappa shape index (κ1) is 35.9. The normalized spacial score (nSPS) is 18.3. The molecule has 2 aromatic rings. The number of rotatable bonds is 14. The van der Waals surface area contributed by atoms with E-state index in [4.69, 9.17) is 27.9 Å². The molecule has 0 radical (unpaired) electrons. The number of carbonyl (C=O) groups is 5. The summed E-state index contributed by atoms with van der Waals surface area (Å²) in [6, 6.07) is 1.45. The molecule has 5 atom stereocenters. The molecule has 1 aromatic carbocycles. The zero-order valence-corrected chi connectivity index (χ0v) is 27.5. The maximum atomic E-state index is 14.1. The lowest BCUT2D eigenvalue weighted by Crippen LogP contribution is -2.59. The van der Waals surface area contributed by atoms with Gasteiger partial charge >= 0.3 is 0 Å². The Bertz CT molecular complexity index is 1360. The molecule has 1 aliphatic heterocycles. The molecular weight excluding hydrogens is 623 g/mol. The fraction of sp³-hybridized carbons (Fsp3) is 0.516. The maximum absolute atomic E-state index is 14.1. The van der Waals surface area contributed by atoms with Gasteiger partial charge in [-0.1, -0.05) is 63.9 Å². The van der Waals surface area contributed by atoms with Crippen LogP contribution in [0, 0.1) is 11.8 Å². The van der Waals surface area contributed by atoms with Crippen molar-refractivity contribution < 1.29 is 28.7 Å². The average molecular weight is 664 g/mol. The maximum Gasteiger partial charge on any atom is 0.272 e. The molecular formula is C31H40Cl2N6O6. The van der Waals surface area contributed by atoms with Gasteiger partial charge < -0.3 is 30.4 Å². The molecule has 1 aliphatic rings. The predicted molar refractivity (Wildman–Crippen MR) is 168 cm³/mol. The number of halogens is 2. The molecule has 3 N–H and O–H groups in total. The molecule has 1 fully saturated rings. The second-order valence-electron chi connectivity index (χ2n) is 11.6. The molecule has 2 heterocycles. The summed E-state index contributed by atoms with van der Waals surface area (Å²) in [5.74, 6) is -2.82. The second-order valence-corrected chi connectivity index (χ2v) is 12.4. The third-order valence-corrected chi connectivity index (χ3v) is 8.25. The van der Waals surface area contributed by atoms with Crippen LogP contribution >= 0.6 is 23.2 Å². The van der Waals surface area contributed by atoms with Gasteiger partial charge in [-0.15, -0.1) is 0 Å². The molecule has 244 valence electrons. The zero-order valence-electron chi connectivity index (χ0n) is 26.0. The van der Waals surface area contributed by atoms with Crippen LogP contribution in [0.3, 0.4) is 0 Å². The third kappa shape index (κ3) is 9.69. The number of ether oxygens (including phenoxy) is 1. The van der Waals surface area contributed by atoms with Gasteiger partial charge in [-0.3, -0.25) is 24.2 Å². The van der Waals surface area contributed by atoms with Crippen LogP contribution in [-0.2, 0) is 30.5 Å². The summed E-state index contributed by atoms with van der Waals surface area (Å²) in [5.41, 5.74) is 0.809. The van der Waals surface area contributed by atoms with E-state index in [2.05, 4.69) is 25.9 Å². The molecule has 0 spiro atoms. The minimum atomic E-state index is -1.02. The number of aldehydes is 1. The van der Waals surface area contributed by atoms with Crippen LogP contribution in [0.15, 0.2) is 36.8 Å². The molecule has 14 heteroatoms. The number of benzene rings is 1. The zero-order chi connectivity index (χ0) is 33.3. The highest BCUT2D eigenvalue weighted by molar-refractivity contribution is 6.42. The topological polar surface area (TPSA) is 160 Å². The van der Waals surface area contributed by atoms with Gasteiger partial charge in [0.05, 0.1) is 35.0 Å². The van der Waals surface area contributed by atoms with Gasteiger partial charge in [-0.05, 0) is 36.0 Å². The molecule has 3 rings (SSSR count). The second kappa shape index (κ2) is 16.6. The summed E-state index contributed by atoms with van der Waals surface area (Å²) in [7, 11) is 0. The summed E-state index contributed by atoms with van der Waals surface area (Å²) >= 11 is 12.2. The van der Waals surface area contributed by atoms with Crippen LogP contribution in [0.4, 0.5) is 0 Å². The Kier molecular flexibility index (Phi) is 13.3. The Morgan fingerprint density at radius 2 is 1.73 bits per heavy atom. The Morgan fingerprint density at radius 1 is 1.02 bits per heavy atom. The van der Waals surface area contributed by atoms with Crippen molar-refractivity contribution in [3.05, 3.63) is 58.1 Å². The van der Waals surface area contributed by atoms with E-state index in [1.54, 1.807) is 52.8 Å². The fourth-order valence-electron chi connectivity index (χ4n) is 4.87. The van der Waals surface area contributed by atoms with Crippen LogP contribution in [0.2, 0.25) is 10.0 Å². The molecule has 0 unspecified atom stereocenters. The Balaban J connectivity index is 1.80. The number of hydrogen-bond donors (Lipinski definition) is 3. The first-order chi connectivity index (χ1) is 21.4. The number of carbonyl (C=O) groups excluding carboxylic acids is 5. The van der Waals surface area contributed by atoms with Gasteiger partial charge in [0.15, 0.2) is 0 Å². The van der Waals surface area contributed by atoms with E-state index in [9.17, 15) is 24.0 Å². The van der Waals surface area contributed by atoms with E-state index < -0.39 is 53.9 Å². The Labute approximate surface area is 273 Å². The van der Waals surface area contributed by atoms with Crippen molar-refractivity contribution in [2.45, 2.75) is 84.3 Å². The van der Waals surface area contributed by atoms with Crippen LogP contribution < -0.4 is 16.0 Å². The van der Waals surface area contributed by atoms with E-state index in [0.29, 0.717) is 22.8 Å². The van der Waals surface area contributed by atoms with Crippen molar-refractivity contribution in [3.63, 3.8) is 0 Å². The van der Waals surface area contributed by atoms with Crippen molar-refractivity contribution >= 4 is 53.1 Å². The lowest BCUT2D eigenvalue weighted by atomic mass is 9.98. The summed E-state index contributed by atoms with van der Waals surface area (Å²) in [6.07, 6.45) is 4.78. The van der Waals surface area contributed by atoms with Crippen LogP contribution in [0.25, 0.3) is 0 Å². The smallest absolute Gasteiger partial charge is 0.272 e. The summed E-state index contributed by atoms with van der Waals surface area (Å²) in [5, 5.41) is 8.96. The average Bonchev–Trinajstić information content (AvgIpc) is 3.46. The molecule has 45 heavy (non-hydrogen) atoms. The quantitative estimate of drug-likeness (QED) is 0.260. The van der Waals surface area contributed by atoms with Crippen LogP contribution in [0.5, 0.6) is 0 Å². The molecule has 0 aliphatic carbocycles. The molecule has 12 nitrogen and oxygen atoms in total. The Hall–Kier alpha value is -3.61. The predicted octanol–water partition coefficient (Wildman–Crippen LogP) is 2.96. The van der Waals surface area contributed by atoms with Crippen molar-refractivity contribution in [1.82, 2.24) is 30.8 Å². The van der Waals surface area contributed by atoms with Gasteiger partial charge in [0.2, 0.25) is 17.7 Å². The fourth-order valence-corrected chi connectivity index (χ4v) is 5.19. The van der Waals surface area contributed by atoms with Gasteiger partial charge in [-0.2, -0.15) is 0 Å². The minimum Gasteiger partial charge on any atom is -0.372 e. The van der Waals surface area contributed by atoms with E-state index in [0.717, 1.165) is 5.56 Å². The minimum absolute atomic E-state index is 0.0472. The van der Waals surface area contributed by atoms with Gasteiger partial charge in [0.25, 0.3) is 5.91 Å². The Morgan fingerprint density at radius 3 is 2.31 bits per heavy atom. The van der Waals surface area contributed by atoms with Crippen molar-refractivity contribution in [3.8, 4) is 0 Å². The number of nitrogens with zero attached hydrogens (tertiary/aromatic N) is 3. The molecule has 0 bridgehead atoms. The molecule has 1 saturated heterocycles. The summed E-state index contributed by atoms with van der Waals surface area (Å²) < 4.78 is 6.09. The highest BCUT2D eigenvalue weighted by Gasteiger charge is 2.44. The summed E-state index contributed by atoms with van der Waals surface area (Å²) in [6.45, 7) is 9.08. The number of amides is 4. The van der Waals surface area contributed by atoms with Crippen LogP contribution in [-0.4, -0.2) is 81.6 Å². The first-order valence-corrected chi connectivity index (χ1v) is 15.6. The monoisotopic (exact) mass is 662 g/mol. The molecule has 1 aromatic heterocycles. The van der Waals surface area contributed by atoms with E-state index in [1.165, 1.54) is 23.5 Å². The molecule has 4 amide bonds. The van der Waals surface area contributed by atoms with E-state index in [1.807, 2.05) is 0 Å². The summed E-state index contributed by atoms with van der Waals surface area (Å²) in [4.78, 5) is 74.4. The lowest BCUT2D eigenvalue weighted by molar-refractivity contribution is -0.143. The van der Waals surface area contributed by atoms with Crippen molar-refractivity contribution in [2.75, 3.05) is 6.54 Å². The van der Waals surface area contributed by atoms with Crippen molar-refractivity contribution in [1.29, 1.82) is 0 Å². The first-order valence-electron chi connectivity index (χ1n) is 14.8. The third-order valence-electron chi connectivity index (χ3n) is 7.51. The lowest BCUT2D eigenvalue weighted by Gasteiger charge is -2.32. The highest BCUT2D eigenvalue weighted by atomic mass is 35.5. The number of likely N-dealkylation sites (tertiary alicyclic amines) is 1. The standard InChI is InChI=1S/C31H40Cl2N6O6/c1-6-20(15-40)36-29(42)25-12-21(45-16-19-7-8-22(32)23(33)11-19)14-39(25)31(44)27(18(4)5)38-30(43)26(17(2)3)37-28(41)24-13-34-9-10-35-24/h7-11,13,15,17-18,20-21,25-27H,6,12,14,16H2,1-5H3,(H,36,42)(H,37,41)(H,38,43)/t20-,21+,25-,26-,27-/m0/s1. The number of hydrogen-bond acceptors (Lipinski definition) is 8. The number of aromatic nitrogens is 2. The van der Waals surface area contributed by atoms with Gasteiger partial charge in [0.1, 0.15) is 30.1 Å². The van der Waals surface area contributed by atoms with Crippen molar-refractivity contribution in [2.24, 2.45) is 11.8 Å². The SMILES string of the molecule is CC[C@@H](C=O)NC(=O)[C@@H]1C[C@@H](OCc2ccc(Cl)c(Cl)c2)CN1C(=O)[C@@H](NC(=O)[C@@H](NC(=O)c1cnccn1)C(C)C)C(C)C. The van der Waals surface area contributed by atoms with Gasteiger partial charge in [0, 0.05) is 25.4 Å². The van der Waals surface area contributed by atoms with Crippen LogP contribution in [0.1, 0.15) is 63.5 Å².